The van der Waals surface area contributed by atoms with E-state index in [9.17, 15) is 14.4 Å². The van der Waals surface area contributed by atoms with Crippen LogP contribution >= 0.6 is 0 Å². The van der Waals surface area contributed by atoms with Gasteiger partial charge in [0.25, 0.3) is 0 Å². The highest BCUT2D eigenvalue weighted by Crippen LogP contribution is 2.27. The Bertz CT molecular complexity index is 645. The van der Waals surface area contributed by atoms with Gasteiger partial charge < -0.3 is 20.9 Å². The van der Waals surface area contributed by atoms with Crippen molar-refractivity contribution in [1.29, 1.82) is 0 Å². The van der Waals surface area contributed by atoms with Gasteiger partial charge in [-0.1, -0.05) is 19.9 Å². The lowest BCUT2D eigenvalue weighted by Gasteiger charge is -2.18. The number of urea groups is 1. The van der Waals surface area contributed by atoms with Crippen LogP contribution in [0.4, 0.5) is 16.2 Å². The summed E-state index contributed by atoms with van der Waals surface area (Å²) in [4.78, 5) is 37.4. The molecule has 0 saturated carbocycles. The van der Waals surface area contributed by atoms with Crippen LogP contribution in [0.25, 0.3) is 0 Å². The summed E-state index contributed by atoms with van der Waals surface area (Å²) in [5, 5.41) is 8.16. The number of benzene rings is 1. The Balaban J connectivity index is 1.98. The summed E-state index contributed by atoms with van der Waals surface area (Å²) >= 11 is 0. The molecule has 1 heterocycles. The van der Waals surface area contributed by atoms with Crippen molar-refractivity contribution in [3.05, 3.63) is 24.3 Å². The molecule has 0 radical (unpaired) electrons. The van der Waals surface area contributed by atoms with Gasteiger partial charge in [-0.25, -0.2) is 4.79 Å². The van der Waals surface area contributed by atoms with Crippen molar-refractivity contribution in [3.63, 3.8) is 0 Å². The molecule has 25 heavy (non-hydrogen) atoms. The van der Waals surface area contributed by atoms with Crippen molar-refractivity contribution in [1.82, 2.24) is 10.6 Å². The lowest BCUT2D eigenvalue weighted by molar-refractivity contribution is -0.125. The highest BCUT2D eigenvalue weighted by molar-refractivity contribution is 6.01. The zero-order valence-electron chi connectivity index (χ0n) is 15.0. The molecule has 1 saturated heterocycles. The van der Waals surface area contributed by atoms with Gasteiger partial charge in [-0.15, -0.1) is 0 Å². The average Bonchev–Trinajstić information content (AvgIpc) is 2.96. The molecule has 7 heteroatoms. The average molecular weight is 346 g/mol. The second-order valence-corrected chi connectivity index (χ2v) is 6.63. The molecule has 1 fully saturated rings. The first-order valence-electron chi connectivity index (χ1n) is 8.57. The molecule has 1 aliphatic heterocycles. The molecule has 1 aromatic carbocycles. The number of amides is 4. The van der Waals surface area contributed by atoms with Crippen LogP contribution < -0.4 is 20.9 Å². The number of nitrogens with one attached hydrogen (secondary N) is 3. The van der Waals surface area contributed by atoms with Gasteiger partial charge in [0.2, 0.25) is 11.8 Å². The van der Waals surface area contributed by atoms with Crippen LogP contribution in [-0.4, -0.2) is 38.0 Å². The lowest BCUT2D eigenvalue weighted by Crippen LogP contribution is -2.31. The molecule has 136 valence electrons. The molecule has 3 N–H and O–H groups in total. The molecular weight excluding hydrogens is 320 g/mol. The molecule has 1 aromatic rings. The first kappa shape index (κ1) is 18.8. The van der Waals surface area contributed by atoms with E-state index in [1.54, 1.807) is 36.2 Å². The molecule has 7 nitrogen and oxygen atoms in total. The molecule has 0 spiro atoms. The van der Waals surface area contributed by atoms with Crippen LogP contribution in [0, 0.1) is 11.8 Å². The normalized spacial score (nSPS) is 16.9. The van der Waals surface area contributed by atoms with E-state index >= 15 is 0 Å². The second kappa shape index (κ2) is 8.50. The Morgan fingerprint density at radius 2 is 2.08 bits per heavy atom. The Morgan fingerprint density at radius 3 is 2.76 bits per heavy atom. The second-order valence-electron chi connectivity index (χ2n) is 6.63. The van der Waals surface area contributed by atoms with Gasteiger partial charge in [0.15, 0.2) is 0 Å². The fourth-order valence-electron chi connectivity index (χ4n) is 2.74. The Kier molecular flexibility index (Phi) is 6.38. The van der Waals surface area contributed by atoms with E-state index < -0.39 is 0 Å². The standard InChI is InChI=1S/C18H26N4O3/c1-12(2)7-8-20-18(25)21-14-5-4-6-15(10-14)22-11-13(9-16(22)23)17(24)19-3/h4-6,10,12-13H,7-9,11H2,1-3H3,(H,19,24)(H2,20,21,25). The van der Waals surface area contributed by atoms with Crippen LogP contribution in [-0.2, 0) is 9.59 Å². The van der Waals surface area contributed by atoms with Crippen LogP contribution in [0.15, 0.2) is 24.3 Å². The monoisotopic (exact) mass is 346 g/mol. The number of hydrogen-bond donors (Lipinski definition) is 3. The van der Waals surface area contributed by atoms with E-state index in [-0.39, 0.29) is 30.2 Å². The van der Waals surface area contributed by atoms with Gasteiger partial charge in [0, 0.05) is 37.9 Å². The summed E-state index contributed by atoms with van der Waals surface area (Å²) in [6.07, 6.45) is 1.11. The van der Waals surface area contributed by atoms with Gasteiger partial charge in [-0.3, -0.25) is 9.59 Å². The molecule has 1 atom stereocenters. The van der Waals surface area contributed by atoms with Crippen LogP contribution in [0.5, 0.6) is 0 Å². The Labute approximate surface area is 148 Å². The minimum atomic E-state index is -0.339. The minimum absolute atomic E-state index is 0.0906. The Morgan fingerprint density at radius 1 is 1.32 bits per heavy atom. The quantitative estimate of drug-likeness (QED) is 0.735. The number of rotatable bonds is 6. The lowest BCUT2D eigenvalue weighted by atomic mass is 10.1. The molecule has 4 amide bonds. The third kappa shape index (κ3) is 5.20. The fraction of sp³-hybridized carbons (Fsp3) is 0.500. The maximum atomic E-state index is 12.2. The van der Waals surface area contributed by atoms with Gasteiger partial charge in [0.05, 0.1) is 5.92 Å². The summed E-state index contributed by atoms with van der Waals surface area (Å²) in [5.41, 5.74) is 1.28. The van der Waals surface area contributed by atoms with Crippen molar-refractivity contribution in [2.75, 3.05) is 30.4 Å². The third-order valence-electron chi connectivity index (χ3n) is 4.17. The molecular formula is C18H26N4O3. The van der Waals surface area contributed by atoms with E-state index in [0.717, 1.165) is 6.42 Å². The third-order valence-corrected chi connectivity index (χ3v) is 4.17. The SMILES string of the molecule is CNC(=O)C1CC(=O)N(c2cccc(NC(=O)NCCC(C)C)c2)C1. The maximum absolute atomic E-state index is 12.2. The van der Waals surface area contributed by atoms with E-state index in [1.807, 2.05) is 0 Å². The van der Waals surface area contributed by atoms with Crippen molar-refractivity contribution in [2.45, 2.75) is 26.7 Å². The highest BCUT2D eigenvalue weighted by Gasteiger charge is 2.34. The first-order valence-corrected chi connectivity index (χ1v) is 8.57. The predicted octanol–water partition coefficient (Wildman–Crippen LogP) is 1.95. The topological polar surface area (TPSA) is 90.5 Å². The first-order chi connectivity index (χ1) is 11.9. The summed E-state index contributed by atoms with van der Waals surface area (Å²) in [6.45, 7) is 5.16. The zero-order valence-corrected chi connectivity index (χ0v) is 15.0. The predicted molar refractivity (Wildman–Crippen MR) is 97.4 cm³/mol. The molecule has 1 aliphatic rings. The summed E-state index contributed by atoms with van der Waals surface area (Å²) in [5.74, 6) is -0.0340. The summed E-state index contributed by atoms with van der Waals surface area (Å²) in [6, 6.07) is 6.81. The van der Waals surface area contributed by atoms with Gasteiger partial charge >= 0.3 is 6.03 Å². The number of carbonyl (C=O) groups is 3. The smallest absolute Gasteiger partial charge is 0.319 e. The molecule has 2 rings (SSSR count). The minimum Gasteiger partial charge on any atom is -0.359 e. The van der Waals surface area contributed by atoms with Crippen molar-refractivity contribution >= 4 is 29.2 Å². The van der Waals surface area contributed by atoms with Crippen molar-refractivity contribution in [2.24, 2.45) is 11.8 Å². The van der Waals surface area contributed by atoms with Gasteiger partial charge in [0.1, 0.15) is 0 Å². The van der Waals surface area contributed by atoms with Crippen molar-refractivity contribution < 1.29 is 14.4 Å². The Hall–Kier alpha value is -2.57. The number of carbonyl (C=O) groups excluding carboxylic acids is 3. The number of hydrogen-bond acceptors (Lipinski definition) is 3. The van der Waals surface area contributed by atoms with E-state index in [4.69, 9.17) is 0 Å². The van der Waals surface area contributed by atoms with Crippen LogP contribution in [0.2, 0.25) is 0 Å². The molecule has 0 bridgehead atoms. The van der Waals surface area contributed by atoms with E-state index in [2.05, 4.69) is 29.8 Å². The maximum Gasteiger partial charge on any atom is 0.319 e. The van der Waals surface area contributed by atoms with E-state index in [1.165, 1.54) is 0 Å². The number of anilines is 2. The van der Waals surface area contributed by atoms with Crippen LogP contribution in [0.1, 0.15) is 26.7 Å². The zero-order chi connectivity index (χ0) is 18.4. The molecule has 0 aliphatic carbocycles. The highest BCUT2D eigenvalue weighted by atomic mass is 16.2. The summed E-state index contributed by atoms with van der Waals surface area (Å²) in [7, 11) is 1.57. The van der Waals surface area contributed by atoms with Gasteiger partial charge in [-0.05, 0) is 30.5 Å². The number of nitrogens with zero attached hydrogens (tertiary/aromatic N) is 1. The summed E-state index contributed by atoms with van der Waals surface area (Å²) < 4.78 is 0. The molecule has 0 aromatic heterocycles. The van der Waals surface area contributed by atoms with Crippen molar-refractivity contribution in [3.8, 4) is 0 Å². The van der Waals surface area contributed by atoms with Crippen LogP contribution in [0.3, 0.4) is 0 Å². The largest absolute Gasteiger partial charge is 0.359 e. The fourth-order valence-corrected chi connectivity index (χ4v) is 2.74. The van der Waals surface area contributed by atoms with Gasteiger partial charge in [-0.2, -0.15) is 0 Å². The van der Waals surface area contributed by atoms with E-state index in [0.29, 0.717) is 30.4 Å². The molecule has 1 unspecified atom stereocenters.